The average molecular weight is 325 g/mol. The van der Waals surface area contributed by atoms with E-state index in [1.54, 1.807) is 13.2 Å². The van der Waals surface area contributed by atoms with Crippen LogP contribution in [0.5, 0.6) is 11.5 Å². The summed E-state index contributed by atoms with van der Waals surface area (Å²) >= 11 is 0. The molecule has 0 aromatic heterocycles. The Balaban J connectivity index is 2.08. The third kappa shape index (κ3) is 4.88. The number of carbonyl (C=O) groups excluding carboxylic acids is 1. The Morgan fingerprint density at radius 1 is 1.08 bits per heavy atom. The fraction of sp³-hybridized carbons (Fsp3) is 0.250. The number of aryl methyl sites for hydroxylation is 2. The Bertz CT molecular complexity index is 730. The van der Waals surface area contributed by atoms with Gasteiger partial charge in [-0.05, 0) is 67.8 Å². The predicted octanol–water partition coefficient (Wildman–Crippen LogP) is 4.36. The quantitative estimate of drug-likeness (QED) is 0.803. The molecule has 2 aromatic carbocycles. The molecule has 0 aliphatic rings. The zero-order valence-electron chi connectivity index (χ0n) is 14.6. The zero-order chi connectivity index (χ0) is 17.5. The molecule has 0 aliphatic heterocycles. The fourth-order valence-corrected chi connectivity index (χ4v) is 2.47. The maximum atomic E-state index is 12.1. The Morgan fingerprint density at radius 2 is 1.79 bits per heavy atom. The molecule has 4 heteroatoms. The summed E-state index contributed by atoms with van der Waals surface area (Å²) in [5, 5.41) is 2.87. The third-order valence-corrected chi connectivity index (χ3v) is 3.40. The lowest BCUT2D eigenvalue weighted by Crippen LogP contribution is -2.08. The first-order chi connectivity index (χ1) is 11.5. The fourth-order valence-electron chi connectivity index (χ4n) is 2.47. The molecule has 0 atom stereocenters. The van der Waals surface area contributed by atoms with E-state index in [4.69, 9.17) is 9.47 Å². The van der Waals surface area contributed by atoms with Crippen molar-refractivity contribution in [3.05, 3.63) is 59.2 Å². The van der Waals surface area contributed by atoms with Crippen LogP contribution in [-0.4, -0.2) is 19.6 Å². The molecule has 1 N–H and O–H groups in total. The van der Waals surface area contributed by atoms with Crippen LogP contribution in [0, 0.1) is 13.8 Å². The molecular formula is C20H23NO3. The van der Waals surface area contributed by atoms with Crippen molar-refractivity contribution in [2.45, 2.75) is 20.8 Å². The molecule has 126 valence electrons. The number of benzene rings is 2. The molecule has 2 rings (SSSR count). The predicted molar refractivity (Wildman–Crippen MR) is 97.7 cm³/mol. The van der Waals surface area contributed by atoms with Gasteiger partial charge in [0.25, 0.3) is 0 Å². The maximum Gasteiger partial charge on any atom is 0.248 e. The van der Waals surface area contributed by atoms with Gasteiger partial charge in [0.1, 0.15) is 0 Å². The van der Waals surface area contributed by atoms with Gasteiger partial charge in [-0.25, -0.2) is 0 Å². The zero-order valence-corrected chi connectivity index (χ0v) is 14.6. The van der Waals surface area contributed by atoms with Crippen molar-refractivity contribution >= 4 is 17.7 Å². The van der Waals surface area contributed by atoms with E-state index in [2.05, 4.69) is 11.4 Å². The topological polar surface area (TPSA) is 47.6 Å². The summed E-state index contributed by atoms with van der Waals surface area (Å²) in [5.41, 5.74) is 3.90. The molecule has 0 heterocycles. The van der Waals surface area contributed by atoms with Gasteiger partial charge >= 0.3 is 0 Å². The van der Waals surface area contributed by atoms with Gasteiger partial charge in [-0.15, -0.1) is 0 Å². The molecule has 0 fully saturated rings. The van der Waals surface area contributed by atoms with Gasteiger partial charge in [0.2, 0.25) is 5.91 Å². The molecule has 0 unspecified atom stereocenters. The molecule has 4 nitrogen and oxygen atoms in total. The highest BCUT2D eigenvalue weighted by atomic mass is 16.5. The molecule has 0 spiro atoms. The highest BCUT2D eigenvalue weighted by Gasteiger charge is 2.04. The first-order valence-electron chi connectivity index (χ1n) is 7.90. The van der Waals surface area contributed by atoms with E-state index >= 15 is 0 Å². The van der Waals surface area contributed by atoms with Crippen LogP contribution in [0.3, 0.4) is 0 Å². The number of amides is 1. The first kappa shape index (κ1) is 17.6. The Morgan fingerprint density at radius 3 is 2.42 bits per heavy atom. The maximum absolute atomic E-state index is 12.1. The lowest BCUT2D eigenvalue weighted by molar-refractivity contribution is -0.111. The number of anilines is 1. The van der Waals surface area contributed by atoms with Crippen molar-refractivity contribution in [2.75, 3.05) is 19.0 Å². The molecule has 0 bridgehead atoms. The number of hydrogen-bond donors (Lipinski definition) is 1. The van der Waals surface area contributed by atoms with Gasteiger partial charge in [0.15, 0.2) is 11.5 Å². The Hall–Kier alpha value is -2.75. The second-order valence-corrected chi connectivity index (χ2v) is 5.54. The van der Waals surface area contributed by atoms with E-state index in [9.17, 15) is 4.79 Å². The minimum atomic E-state index is -0.173. The van der Waals surface area contributed by atoms with Crippen LogP contribution in [0.2, 0.25) is 0 Å². The van der Waals surface area contributed by atoms with Gasteiger partial charge < -0.3 is 14.8 Å². The summed E-state index contributed by atoms with van der Waals surface area (Å²) in [6, 6.07) is 11.5. The molecule has 0 saturated carbocycles. The van der Waals surface area contributed by atoms with Crippen molar-refractivity contribution < 1.29 is 14.3 Å². The van der Waals surface area contributed by atoms with Crippen LogP contribution < -0.4 is 14.8 Å². The van der Waals surface area contributed by atoms with E-state index in [0.717, 1.165) is 22.4 Å². The van der Waals surface area contributed by atoms with E-state index in [0.29, 0.717) is 18.1 Å². The van der Waals surface area contributed by atoms with Crippen molar-refractivity contribution in [2.24, 2.45) is 0 Å². The summed E-state index contributed by atoms with van der Waals surface area (Å²) in [6.07, 6.45) is 3.25. The normalized spacial score (nSPS) is 10.7. The van der Waals surface area contributed by atoms with Crippen LogP contribution in [0.15, 0.2) is 42.5 Å². The lowest BCUT2D eigenvalue weighted by Gasteiger charge is -2.09. The van der Waals surface area contributed by atoms with E-state index < -0.39 is 0 Å². The standard InChI is InChI=1S/C20H23NO3/c1-5-24-18-8-6-16(13-19(18)23-4)7-9-20(22)21-17-11-14(2)10-15(3)12-17/h6-13H,5H2,1-4H3,(H,21,22). The molecule has 1 amide bonds. The van der Waals surface area contributed by atoms with Gasteiger partial charge in [-0.3, -0.25) is 4.79 Å². The highest BCUT2D eigenvalue weighted by molar-refractivity contribution is 6.02. The first-order valence-corrected chi connectivity index (χ1v) is 7.90. The van der Waals surface area contributed by atoms with Crippen molar-refractivity contribution in [3.8, 4) is 11.5 Å². The Kier molecular flexibility index (Phi) is 6.01. The second kappa shape index (κ2) is 8.20. The smallest absolute Gasteiger partial charge is 0.248 e. The van der Waals surface area contributed by atoms with Gasteiger partial charge in [-0.1, -0.05) is 12.1 Å². The van der Waals surface area contributed by atoms with Gasteiger partial charge in [0, 0.05) is 11.8 Å². The monoisotopic (exact) mass is 325 g/mol. The number of nitrogens with one attached hydrogen (secondary N) is 1. The van der Waals surface area contributed by atoms with Crippen molar-refractivity contribution in [3.63, 3.8) is 0 Å². The summed E-state index contributed by atoms with van der Waals surface area (Å²) in [7, 11) is 1.60. The summed E-state index contributed by atoms with van der Waals surface area (Å²) in [5.74, 6) is 1.17. The van der Waals surface area contributed by atoms with E-state index in [-0.39, 0.29) is 5.91 Å². The molecule has 0 radical (unpaired) electrons. The number of carbonyl (C=O) groups is 1. The van der Waals surface area contributed by atoms with Crippen LogP contribution >= 0.6 is 0 Å². The highest BCUT2D eigenvalue weighted by Crippen LogP contribution is 2.28. The molecule has 2 aromatic rings. The van der Waals surface area contributed by atoms with Crippen LogP contribution in [-0.2, 0) is 4.79 Å². The van der Waals surface area contributed by atoms with Crippen molar-refractivity contribution in [1.82, 2.24) is 0 Å². The summed E-state index contributed by atoms with van der Waals surface area (Å²) < 4.78 is 10.8. The van der Waals surface area contributed by atoms with Gasteiger partial charge in [-0.2, -0.15) is 0 Å². The Labute approximate surface area is 143 Å². The minimum Gasteiger partial charge on any atom is -0.493 e. The average Bonchev–Trinajstić information content (AvgIpc) is 2.53. The molecule has 0 aliphatic carbocycles. The third-order valence-electron chi connectivity index (χ3n) is 3.40. The second-order valence-electron chi connectivity index (χ2n) is 5.54. The molecule has 24 heavy (non-hydrogen) atoms. The molecular weight excluding hydrogens is 302 g/mol. The van der Waals surface area contributed by atoms with E-state index in [1.807, 2.05) is 51.1 Å². The van der Waals surface area contributed by atoms with Crippen molar-refractivity contribution in [1.29, 1.82) is 0 Å². The van der Waals surface area contributed by atoms with Crippen LogP contribution in [0.1, 0.15) is 23.6 Å². The number of ether oxygens (including phenoxy) is 2. The minimum absolute atomic E-state index is 0.173. The summed E-state index contributed by atoms with van der Waals surface area (Å²) in [4.78, 5) is 12.1. The summed E-state index contributed by atoms with van der Waals surface area (Å²) in [6.45, 7) is 6.50. The number of rotatable bonds is 6. The largest absolute Gasteiger partial charge is 0.493 e. The molecule has 0 saturated heterocycles. The van der Waals surface area contributed by atoms with Crippen LogP contribution in [0.25, 0.3) is 6.08 Å². The number of hydrogen-bond acceptors (Lipinski definition) is 3. The van der Waals surface area contributed by atoms with E-state index in [1.165, 1.54) is 6.08 Å². The lowest BCUT2D eigenvalue weighted by atomic mass is 10.1. The van der Waals surface area contributed by atoms with Crippen LogP contribution in [0.4, 0.5) is 5.69 Å². The SMILES string of the molecule is CCOc1ccc(C=CC(=O)Nc2cc(C)cc(C)c2)cc1OC. The van der Waals surface area contributed by atoms with Gasteiger partial charge in [0.05, 0.1) is 13.7 Å². The number of methoxy groups -OCH3 is 1.